The number of unbranched alkanes of at least 4 members (excludes halogenated alkanes) is 5. The number of aliphatic hydroxyl groups is 8. The number of hydrogen-bond donors (Lipinski definition) is 14. The second kappa shape index (κ2) is 29.3. The van der Waals surface area contributed by atoms with E-state index in [1.165, 1.54) is 18.6 Å². The second-order valence-corrected chi connectivity index (χ2v) is 20.8. The molecule has 3 saturated heterocycles. The van der Waals surface area contributed by atoms with Gasteiger partial charge in [0.25, 0.3) is 0 Å². The van der Waals surface area contributed by atoms with E-state index in [0.29, 0.717) is 24.7 Å². The molecule has 7 amide bonds. The fourth-order valence-corrected chi connectivity index (χ4v) is 9.88. The van der Waals surface area contributed by atoms with Crippen molar-refractivity contribution in [2.24, 2.45) is 11.8 Å². The molecule has 75 heavy (non-hydrogen) atoms. The Bertz CT molecular complexity index is 2100. The van der Waals surface area contributed by atoms with Crippen molar-refractivity contribution >= 4 is 47.1 Å². The van der Waals surface area contributed by atoms with Crippen molar-refractivity contribution in [3.05, 3.63) is 29.8 Å². The highest BCUT2D eigenvalue weighted by molar-refractivity contribution is 5.98. The van der Waals surface area contributed by atoms with E-state index in [9.17, 15) is 84.3 Å². The number of carbonyl (C=O) groups is 8. The zero-order chi connectivity index (χ0) is 55.8. The monoisotopic (exact) mass is 1060 g/mol. The van der Waals surface area contributed by atoms with Crippen LogP contribution in [0.15, 0.2) is 24.3 Å². The molecule has 16 atom stereocenters. The minimum absolute atomic E-state index is 0.0725. The predicted molar refractivity (Wildman–Crippen MR) is 267 cm³/mol. The first-order chi connectivity index (χ1) is 35.3. The number of hydrogen-bond acceptors (Lipinski definition) is 17. The maximum atomic E-state index is 14.4. The van der Waals surface area contributed by atoms with E-state index in [-0.39, 0.29) is 24.2 Å². The van der Waals surface area contributed by atoms with Gasteiger partial charge in [0.2, 0.25) is 41.4 Å². The number of benzene rings is 1. The number of aromatic hydroxyl groups is 1. The molecule has 16 unspecified atom stereocenters. The van der Waals surface area contributed by atoms with Crippen molar-refractivity contribution < 1.29 is 84.3 Å². The first-order valence-electron chi connectivity index (χ1n) is 26.2. The fraction of sp³-hybridized carbons (Fsp3) is 0.725. The van der Waals surface area contributed by atoms with Gasteiger partial charge in [-0.25, -0.2) is 0 Å². The highest BCUT2D eigenvalue weighted by Gasteiger charge is 2.49. The maximum absolute atomic E-state index is 14.4. The number of nitrogens with zero attached hydrogens (tertiary/aromatic N) is 2. The summed E-state index contributed by atoms with van der Waals surface area (Å²) in [5, 5.41) is 111. The number of carbonyl (C=O) groups excluding carboxylic acids is 8. The standard InChI is InChI=1S/C51H81N7O17/c1-6-26(2)21-27(3)13-11-9-7-8-10-12-14-38(66)52-33-24-37(65)47(71)56-49(73)42-35(63)19-20-57(42)51(75)40(36(64)22-28(4)59)54-48(72)41(44(68)43(67)30-15-17-31(61)18-16-30)55-46(70)34-23-32(62)25-58(34)50(74)39(29(5)60)53-45(33)69/h15-18,26-27,29,32-37,39-44,47,60-65,67-68,71H,6-14,19-25H2,1-5H3,(H,52,66)(H,53,69)(H,54,72)(H,55,70)(H,56,73). The third-order valence-electron chi connectivity index (χ3n) is 14.4. The van der Waals surface area contributed by atoms with E-state index < -0.39 is 165 Å². The summed E-state index contributed by atoms with van der Waals surface area (Å²) in [5.74, 6) is -7.90. The molecule has 3 aliphatic heterocycles. The number of amides is 7. The molecule has 0 bridgehead atoms. The Kier molecular flexibility index (Phi) is 24.3. The summed E-state index contributed by atoms with van der Waals surface area (Å²) in [7, 11) is 0. The third-order valence-corrected chi connectivity index (χ3v) is 14.4. The van der Waals surface area contributed by atoms with Gasteiger partial charge in [-0.2, -0.15) is 0 Å². The highest BCUT2D eigenvalue weighted by Crippen LogP contribution is 2.27. The molecule has 1 aromatic carbocycles. The van der Waals surface area contributed by atoms with Crippen LogP contribution in [0.4, 0.5) is 0 Å². The van der Waals surface area contributed by atoms with Crippen molar-refractivity contribution in [3.8, 4) is 5.75 Å². The quantitative estimate of drug-likeness (QED) is 0.0614. The van der Waals surface area contributed by atoms with Crippen LogP contribution in [0.1, 0.15) is 136 Å². The lowest BCUT2D eigenvalue weighted by molar-refractivity contribution is -0.149. The van der Waals surface area contributed by atoms with Gasteiger partial charge in [0.15, 0.2) is 6.23 Å². The normalized spacial score (nSPS) is 29.0. The lowest BCUT2D eigenvalue weighted by Gasteiger charge is -2.34. The molecule has 3 fully saturated rings. The van der Waals surface area contributed by atoms with Gasteiger partial charge < -0.3 is 82.3 Å². The molecule has 24 nitrogen and oxygen atoms in total. The molecule has 24 heteroatoms. The van der Waals surface area contributed by atoms with Crippen molar-refractivity contribution in [2.45, 2.75) is 210 Å². The molecule has 4 rings (SSSR count). The molecule has 0 saturated carbocycles. The largest absolute Gasteiger partial charge is 0.508 e. The van der Waals surface area contributed by atoms with Crippen LogP contribution in [0.5, 0.6) is 5.75 Å². The van der Waals surface area contributed by atoms with Crippen molar-refractivity contribution in [1.29, 1.82) is 0 Å². The van der Waals surface area contributed by atoms with Gasteiger partial charge >= 0.3 is 0 Å². The van der Waals surface area contributed by atoms with E-state index in [4.69, 9.17) is 0 Å². The van der Waals surface area contributed by atoms with E-state index in [1.54, 1.807) is 0 Å². The molecule has 3 aliphatic rings. The summed E-state index contributed by atoms with van der Waals surface area (Å²) < 4.78 is 0. The number of aliphatic hydroxyl groups excluding tert-OH is 8. The first-order valence-corrected chi connectivity index (χ1v) is 26.2. The van der Waals surface area contributed by atoms with E-state index in [0.717, 1.165) is 74.3 Å². The lowest BCUT2D eigenvalue weighted by atomic mass is 9.91. The van der Waals surface area contributed by atoms with Crippen LogP contribution in [0.25, 0.3) is 0 Å². The number of phenolic OH excluding ortho intramolecular Hbond substituents is 1. The Morgan fingerprint density at radius 1 is 0.707 bits per heavy atom. The highest BCUT2D eigenvalue weighted by atomic mass is 16.3. The van der Waals surface area contributed by atoms with Crippen LogP contribution < -0.4 is 26.6 Å². The number of rotatable bonds is 20. The van der Waals surface area contributed by atoms with Crippen molar-refractivity contribution in [2.75, 3.05) is 13.1 Å². The minimum Gasteiger partial charge on any atom is -0.508 e. The van der Waals surface area contributed by atoms with Crippen LogP contribution in [-0.4, -0.2) is 195 Å². The number of Topliss-reactive ketones (excluding diaryl/α,β-unsaturated/α-hetero) is 1. The van der Waals surface area contributed by atoms with Crippen molar-refractivity contribution in [3.63, 3.8) is 0 Å². The summed E-state index contributed by atoms with van der Waals surface area (Å²) >= 11 is 0. The van der Waals surface area contributed by atoms with Crippen LogP contribution in [-0.2, 0) is 38.4 Å². The predicted octanol–water partition coefficient (Wildman–Crippen LogP) is -2.24. The van der Waals surface area contributed by atoms with Gasteiger partial charge in [-0.1, -0.05) is 77.8 Å². The number of phenols is 1. The van der Waals surface area contributed by atoms with Crippen molar-refractivity contribution in [1.82, 2.24) is 36.4 Å². The maximum Gasteiger partial charge on any atom is 0.248 e. The third kappa shape index (κ3) is 17.9. The molecule has 422 valence electrons. The topological polar surface area (TPSA) is 385 Å². The molecule has 1 aromatic rings. The van der Waals surface area contributed by atoms with Crippen LogP contribution >= 0.6 is 0 Å². The Morgan fingerprint density at radius 3 is 1.93 bits per heavy atom. The van der Waals surface area contributed by atoms with Gasteiger partial charge in [0, 0.05) is 38.8 Å². The smallest absolute Gasteiger partial charge is 0.248 e. The second-order valence-electron chi connectivity index (χ2n) is 20.8. The molecule has 14 N–H and O–H groups in total. The summed E-state index contributed by atoms with van der Waals surface area (Å²) in [6, 6.07) is -7.14. The Morgan fingerprint density at radius 2 is 1.31 bits per heavy atom. The van der Waals surface area contributed by atoms with E-state index >= 15 is 0 Å². The Hall–Kier alpha value is -5.34. The minimum atomic E-state index is -2.34. The number of ketones is 1. The molecule has 0 aliphatic carbocycles. The fourth-order valence-electron chi connectivity index (χ4n) is 9.88. The number of nitrogens with one attached hydrogen (secondary N) is 5. The average molecular weight is 1060 g/mol. The summed E-state index contributed by atoms with van der Waals surface area (Å²) in [5.41, 5.74) is -0.0992. The average Bonchev–Trinajstić information content (AvgIpc) is 3.95. The van der Waals surface area contributed by atoms with Crippen LogP contribution in [0, 0.1) is 11.8 Å². The van der Waals surface area contributed by atoms with Crippen LogP contribution in [0.3, 0.4) is 0 Å². The SMILES string of the molecule is CCC(C)CC(C)CCCCCCCCC(=O)NC1CC(O)C(O)NC(=O)C2C(O)CCN2C(=O)C(C(O)CC(C)=O)NC(=O)C(C(O)C(O)c2ccc(O)cc2)NC(=O)C2CC(O)CN2C(=O)C(C(C)O)NC1=O. The molecule has 0 spiro atoms. The molecule has 0 aromatic heterocycles. The van der Waals surface area contributed by atoms with E-state index in [2.05, 4.69) is 47.4 Å². The van der Waals surface area contributed by atoms with Gasteiger partial charge in [-0.15, -0.1) is 0 Å². The van der Waals surface area contributed by atoms with Gasteiger partial charge in [-0.3, -0.25) is 38.4 Å². The molecular formula is C51H81N7O17. The summed E-state index contributed by atoms with van der Waals surface area (Å²) in [6.07, 6.45) is -9.60. The Balaban J connectivity index is 1.69. The zero-order valence-corrected chi connectivity index (χ0v) is 43.5. The van der Waals surface area contributed by atoms with Gasteiger partial charge in [0.05, 0.1) is 24.4 Å². The molecular weight excluding hydrogens is 983 g/mol. The Labute approximate surface area is 437 Å². The first kappa shape index (κ1) is 62.2. The summed E-state index contributed by atoms with van der Waals surface area (Å²) in [4.78, 5) is 113. The lowest BCUT2D eigenvalue weighted by Crippen LogP contribution is -2.64. The van der Waals surface area contributed by atoms with E-state index in [1.807, 2.05) is 0 Å². The molecule has 3 heterocycles. The van der Waals surface area contributed by atoms with Gasteiger partial charge in [-0.05, 0) is 62.6 Å². The summed E-state index contributed by atoms with van der Waals surface area (Å²) in [6.45, 7) is 7.87. The number of fused-ring (bicyclic) bond motifs is 2. The van der Waals surface area contributed by atoms with Crippen LogP contribution in [0.2, 0.25) is 0 Å². The molecule has 0 radical (unpaired) electrons. The zero-order valence-electron chi connectivity index (χ0n) is 43.5. The van der Waals surface area contributed by atoms with Gasteiger partial charge in [0.1, 0.15) is 66.1 Å².